The van der Waals surface area contributed by atoms with Gasteiger partial charge in [0.1, 0.15) is 0 Å². The number of phenols is 1. The molecule has 0 saturated heterocycles. The summed E-state index contributed by atoms with van der Waals surface area (Å²) in [5, 5.41) is 10.5. The van der Waals surface area contributed by atoms with Gasteiger partial charge in [0.05, 0.1) is 10.0 Å². The highest BCUT2D eigenvalue weighted by molar-refractivity contribution is 6.37. The van der Waals surface area contributed by atoms with E-state index in [9.17, 15) is 5.11 Å². The molecule has 1 aromatic rings. The van der Waals surface area contributed by atoms with Crippen LogP contribution in [0.3, 0.4) is 0 Å². The molecule has 0 aliphatic rings. The summed E-state index contributed by atoms with van der Waals surface area (Å²) >= 11 is 12.0. The first-order valence-electron chi connectivity index (χ1n) is 8.72. The van der Waals surface area contributed by atoms with Crippen LogP contribution in [0.1, 0.15) is 77.2 Å². The lowest BCUT2D eigenvalue weighted by molar-refractivity contribution is 0.467. The summed E-state index contributed by atoms with van der Waals surface area (Å²) < 4.78 is 0. The molecule has 0 bridgehead atoms. The highest BCUT2D eigenvalue weighted by Gasteiger charge is 2.12. The fourth-order valence-corrected chi connectivity index (χ4v) is 3.29. The molecule has 0 aliphatic carbocycles. The average Bonchev–Trinajstić information content (AvgIpc) is 2.50. The molecule has 0 aromatic heterocycles. The molecule has 0 radical (unpaired) electrons. The van der Waals surface area contributed by atoms with Crippen LogP contribution in [-0.2, 0) is 6.42 Å². The maximum absolute atomic E-state index is 9.77. The van der Waals surface area contributed by atoms with Gasteiger partial charge in [0.25, 0.3) is 0 Å². The molecule has 0 aliphatic heterocycles. The summed E-state index contributed by atoms with van der Waals surface area (Å²) in [7, 11) is 0. The number of unbranched alkanes of at least 4 members (excludes halogenated alkanes) is 7. The molecule has 0 spiro atoms. The second-order valence-electron chi connectivity index (χ2n) is 6.44. The van der Waals surface area contributed by atoms with Gasteiger partial charge < -0.3 is 5.11 Å². The first-order chi connectivity index (χ1) is 10.6. The van der Waals surface area contributed by atoms with E-state index >= 15 is 0 Å². The van der Waals surface area contributed by atoms with Crippen molar-refractivity contribution < 1.29 is 5.11 Å². The molecule has 3 heteroatoms. The Morgan fingerprint density at radius 2 is 1.55 bits per heavy atom. The highest BCUT2D eigenvalue weighted by Crippen LogP contribution is 2.35. The van der Waals surface area contributed by atoms with Gasteiger partial charge in [0.15, 0.2) is 5.75 Å². The van der Waals surface area contributed by atoms with Crippen molar-refractivity contribution in [1.29, 1.82) is 0 Å². The number of rotatable bonds is 11. The number of benzene rings is 1. The molecular weight excluding hydrogens is 315 g/mol. The maximum atomic E-state index is 9.77. The topological polar surface area (TPSA) is 20.2 Å². The smallest absolute Gasteiger partial charge is 0.153 e. The van der Waals surface area contributed by atoms with Crippen LogP contribution in [0.4, 0.5) is 0 Å². The Hall–Kier alpha value is -0.400. The number of phenolic OH excluding ortho intramolecular Hbond substituents is 1. The number of hydrogen-bond acceptors (Lipinski definition) is 1. The van der Waals surface area contributed by atoms with Crippen LogP contribution in [0.15, 0.2) is 12.1 Å². The number of hydrogen-bond donors (Lipinski definition) is 1. The Morgan fingerprint density at radius 1 is 0.955 bits per heavy atom. The predicted octanol–water partition coefficient (Wildman–Crippen LogP) is 7.41. The van der Waals surface area contributed by atoms with Crippen molar-refractivity contribution in [1.82, 2.24) is 0 Å². The van der Waals surface area contributed by atoms with Crippen molar-refractivity contribution in [2.45, 2.75) is 78.1 Å². The zero-order valence-corrected chi connectivity index (χ0v) is 15.5. The van der Waals surface area contributed by atoms with Gasteiger partial charge in [-0.1, -0.05) is 101 Å². The number of aromatic hydroxyl groups is 1. The minimum absolute atomic E-state index is 0.0140. The first kappa shape index (κ1) is 19.6. The standard InChI is InChI=1S/C19H30Cl2O/c1-3-4-5-6-7-8-9-10-11-15(2)14-16-12-13-17(20)19(22)18(16)21/h12-13,15,22H,3-11,14H2,1-2H3. The van der Waals surface area contributed by atoms with Gasteiger partial charge in [-0.15, -0.1) is 0 Å². The first-order valence-corrected chi connectivity index (χ1v) is 9.47. The van der Waals surface area contributed by atoms with Gasteiger partial charge >= 0.3 is 0 Å². The third kappa shape index (κ3) is 7.24. The number of halogens is 2. The summed E-state index contributed by atoms with van der Waals surface area (Å²) in [6, 6.07) is 3.65. The summed E-state index contributed by atoms with van der Waals surface area (Å²) in [5.41, 5.74) is 0.996. The van der Waals surface area contributed by atoms with Gasteiger partial charge in [-0.25, -0.2) is 0 Å². The molecule has 1 unspecified atom stereocenters. The van der Waals surface area contributed by atoms with Gasteiger partial charge in [-0.3, -0.25) is 0 Å². The molecule has 126 valence electrons. The monoisotopic (exact) mass is 344 g/mol. The fourth-order valence-electron chi connectivity index (χ4n) is 2.84. The van der Waals surface area contributed by atoms with E-state index in [0.717, 1.165) is 12.0 Å². The predicted molar refractivity (Wildman–Crippen MR) is 98.2 cm³/mol. The van der Waals surface area contributed by atoms with Crippen LogP contribution in [0, 0.1) is 5.92 Å². The van der Waals surface area contributed by atoms with Crippen molar-refractivity contribution in [2.24, 2.45) is 5.92 Å². The van der Waals surface area contributed by atoms with Crippen LogP contribution < -0.4 is 0 Å². The molecule has 0 heterocycles. The minimum Gasteiger partial charge on any atom is -0.505 e. The van der Waals surface area contributed by atoms with E-state index in [0.29, 0.717) is 16.0 Å². The molecular formula is C19H30Cl2O. The zero-order chi connectivity index (χ0) is 16.4. The van der Waals surface area contributed by atoms with Gasteiger partial charge in [-0.2, -0.15) is 0 Å². The second kappa shape index (κ2) is 11.2. The molecule has 0 amide bonds. The Bertz CT molecular complexity index is 432. The van der Waals surface area contributed by atoms with Gasteiger partial charge in [0, 0.05) is 0 Å². The normalized spacial score (nSPS) is 12.5. The van der Waals surface area contributed by atoms with E-state index in [-0.39, 0.29) is 5.75 Å². The lowest BCUT2D eigenvalue weighted by Crippen LogP contribution is -2.00. The quantitative estimate of drug-likeness (QED) is 0.414. The molecule has 0 saturated carbocycles. The molecule has 1 rings (SSSR count). The maximum Gasteiger partial charge on any atom is 0.153 e. The van der Waals surface area contributed by atoms with Crippen LogP contribution >= 0.6 is 23.2 Å². The van der Waals surface area contributed by atoms with E-state index in [1.54, 1.807) is 6.07 Å². The third-order valence-corrected chi connectivity index (χ3v) is 4.99. The SMILES string of the molecule is CCCCCCCCCCC(C)Cc1ccc(Cl)c(O)c1Cl. The van der Waals surface area contributed by atoms with Crippen LogP contribution in [0.5, 0.6) is 5.75 Å². The molecule has 1 atom stereocenters. The van der Waals surface area contributed by atoms with Crippen molar-refractivity contribution in [2.75, 3.05) is 0 Å². The lowest BCUT2D eigenvalue weighted by Gasteiger charge is -2.13. The van der Waals surface area contributed by atoms with E-state index in [4.69, 9.17) is 23.2 Å². The van der Waals surface area contributed by atoms with Gasteiger partial charge in [-0.05, 0) is 24.0 Å². The van der Waals surface area contributed by atoms with E-state index < -0.39 is 0 Å². The van der Waals surface area contributed by atoms with Crippen LogP contribution in [0.2, 0.25) is 10.0 Å². The Morgan fingerprint density at radius 3 is 2.18 bits per heavy atom. The van der Waals surface area contributed by atoms with Crippen LogP contribution in [0.25, 0.3) is 0 Å². The van der Waals surface area contributed by atoms with E-state index in [2.05, 4.69) is 13.8 Å². The van der Waals surface area contributed by atoms with Crippen molar-refractivity contribution >= 4 is 23.2 Å². The van der Waals surface area contributed by atoms with Crippen molar-refractivity contribution in [3.05, 3.63) is 27.7 Å². The van der Waals surface area contributed by atoms with E-state index in [1.807, 2.05) is 6.07 Å². The summed E-state index contributed by atoms with van der Waals surface area (Å²) in [6.07, 6.45) is 13.0. The Balaban J connectivity index is 2.19. The Labute approximate surface area is 146 Å². The van der Waals surface area contributed by atoms with Gasteiger partial charge in [0.2, 0.25) is 0 Å². The average molecular weight is 345 g/mol. The minimum atomic E-state index is 0.0140. The Kier molecular flexibility index (Phi) is 9.99. The third-order valence-electron chi connectivity index (χ3n) is 4.27. The fraction of sp³-hybridized carbons (Fsp3) is 0.684. The molecule has 1 N–H and O–H groups in total. The van der Waals surface area contributed by atoms with E-state index in [1.165, 1.54) is 57.8 Å². The lowest BCUT2D eigenvalue weighted by atomic mass is 9.95. The summed E-state index contributed by atoms with van der Waals surface area (Å²) in [4.78, 5) is 0. The largest absolute Gasteiger partial charge is 0.505 e. The molecule has 0 fully saturated rings. The molecule has 1 nitrogen and oxygen atoms in total. The zero-order valence-electron chi connectivity index (χ0n) is 14.0. The van der Waals surface area contributed by atoms with Crippen molar-refractivity contribution in [3.8, 4) is 5.75 Å². The molecule has 1 aromatic carbocycles. The summed E-state index contributed by atoms with van der Waals surface area (Å²) in [5.74, 6) is 0.596. The van der Waals surface area contributed by atoms with Crippen molar-refractivity contribution in [3.63, 3.8) is 0 Å². The molecule has 22 heavy (non-hydrogen) atoms. The second-order valence-corrected chi connectivity index (χ2v) is 7.23. The summed E-state index contributed by atoms with van der Waals surface area (Å²) in [6.45, 7) is 4.51. The highest BCUT2D eigenvalue weighted by atomic mass is 35.5. The van der Waals surface area contributed by atoms with Crippen LogP contribution in [-0.4, -0.2) is 5.11 Å².